The molecule has 6 heterocycles. The molecule has 6 N–H and O–H groups in total. The van der Waals surface area contributed by atoms with Crippen molar-refractivity contribution in [1.82, 2.24) is 40.0 Å². The van der Waals surface area contributed by atoms with Crippen molar-refractivity contribution in [1.29, 1.82) is 0 Å². The Balaban J connectivity index is 0.000000201. The van der Waals surface area contributed by atoms with Crippen molar-refractivity contribution in [3.05, 3.63) is 148 Å². The fraction of sp³-hybridized carbons (Fsp3) is 0.350. The van der Waals surface area contributed by atoms with Crippen LogP contribution in [0.4, 0.5) is 64.1 Å². The molecule has 4 aromatic heterocycles. The van der Waals surface area contributed by atoms with Crippen LogP contribution >= 0.6 is 23.2 Å². The van der Waals surface area contributed by atoms with Crippen molar-refractivity contribution in [2.24, 2.45) is 11.5 Å². The number of aromatic nitrogens is 8. The lowest BCUT2D eigenvalue weighted by Crippen LogP contribution is -2.35. The Kier molecular flexibility index (Phi) is 13.7. The van der Waals surface area contributed by atoms with Gasteiger partial charge in [-0.15, -0.1) is 0 Å². The molecule has 2 aliphatic rings. The van der Waals surface area contributed by atoms with Crippen molar-refractivity contribution in [3.63, 3.8) is 0 Å². The van der Waals surface area contributed by atoms with Gasteiger partial charge < -0.3 is 21.3 Å². The molecule has 0 aliphatic carbocycles. The molecular weight excluding hydrogens is 979 g/mol. The molecule has 6 aromatic rings. The summed E-state index contributed by atoms with van der Waals surface area (Å²) >= 11 is 12.1. The second-order valence-electron chi connectivity index (χ2n) is 15.4. The van der Waals surface area contributed by atoms with Gasteiger partial charge in [-0.1, -0.05) is 59.6 Å². The van der Waals surface area contributed by atoms with Crippen LogP contribution in [-0.4, -0.2) is 65.4 Å². The molecule has 0 bridgehead atoms. The number of fused-ring (bicyclic) bond motifs is 2. The van der Waals surface area contributed by atoms with Gasteiger partial charge in [-0.2, -0.15) is 73.1 Å². The highest BCUT2D eigenvalue weighted by Crippen LogP contribution is 2.40. The van der Waals surface area contributed by atoms with Gasteiger partial charge in [0.15, 0.2) is 0 Å². The minimum absolute atomic E-state index is 0.122. The Labute approximate surface area is 384 Å². The van der Waals surface area contributed by atoms with E-state index in [0.29, 0.717) is 11.4 Å². The van der Waals surface area contributed by atoms with Crippen LogP contribution in [0.1, 0.15) is 68.2 Å². The number of nitrogens with one attached hydrogen (secondary N) is 2. The van der Waals surface area contributed by atoms with Gasteiger partial charge in [-0.25, -0.2) is 10.2 Å². The van der Waals surface area contributed by atoms with Gasteiger partial charge in [0.05, 0.1) is 59.4 Å². The number of benzene rings is 2. The summed E-state index contributed by atoms with van der Waals surface area (Å²) in [5, 5.41) is 19.3. The Morgan fingerprint density at radius 1 is 0.588 bits per heavy atom. The van der Waals surface area contributed by atoms with Crippen LogP contribution < -0.4 is 32.4 Å². The first-order valence-corrected chi connectivity index (χ1v) is 20.6. The van der Waals surface area contributed by atoms with Crippen LogP contribution in [0.15, 0.2) is 70.5 Å². The zero-order chi connectivity index (χ0) is 49.7. The van der Waals surface area contributed by atoms with E-state index in [1.54, 1.807) is 9.80 Å². The van der Waals surface area contributed by atoms with E-state index in [0.717, 1.165) is 21.5 Å². The van der Waals surface area contributed by atoms with Gasteiger partial charge in [0.2, 0.25) is 0 Å². The number of anilines is 2. The minimum atomic E-state index is -4.83. The van der Waals surface area contributed by atoms with Crippen molar-refractivity contribution in [2.75, 3.05) is 22.9 Å². The van der Waals surface area contributed by atoms with Crippen LogP contribution in [0.2, 0.25) is 10.0 Å². The molecule has 28 heteroatoms. The van der Waals surface area contributed by atoms with Gasteiger partial charge >= 0.3 is 24.7 Å². The zero-order valence-electron chi connectivity index (χ0n) is 34.4. The predicted molar refractivity (Wildman–Crippen MR) is 221 cm³/mol. The maximum Gasteiger partial charge on any atom is 0.416 e. The molecule has 0 amide bonds. The third-order valence-corrected chi connectivity index (χ3v) is 11.9. The first-order valence-electron chi connectivity index (χ1n) is 19.8. The van der Waals surface area contributed by atoms with Crippen molar-refractivity contribution < 1.29 is 52.7 Å². The fourth-order valence-electron chi connectivity index (χ4n) is 7.90. The van der Waals surface area contributed by atoms with Crippen LogP contribution in [0.5, 0.6) is 0 Å². The smallest absolute Gasteiger partial charge is 0.364 e. The van der Waals surface area contributed by atoms with Crippen LogP contribution in [-0.2, 0) is 51.4 Å². The largest absolute Gasteiger partial charge is 0.416 e. The lowest BCUT2D eigenvalue weighted by atomic mass is 10.0. The van der Waals surface area contributed by atoms with Crippen molar-refractivity contribution >= 4 is 34.6 Å². The zero-order valence-corrected chi connectivity index (χ0v) is 35.9. The number of hydrogen-bond donors (Lipinski definition) is 4. The molecule has 2 aliphatic heterocycles. The summed E-state index contributed by atoms with van der Waals surface area (Å²) in [5.74, 6) is 0. The van der Waals surface area contributed by atoms with E-state index in [1.165, 1.54) is 48.8 Å². The number of H-pyrrole nitrogens is 2. The van der Waals surface area contributed by atoms with Crippen molar-refractivity contribution in [3.8, 4) is 0 Å². The van der Waals surface area contributed by atoms with E-state index in [1.807, 2.05) is 0 Å². The summed E-state index contributed by atoms with van der Waals surface area (Å²) in [6, 6.07) is 4.67. The van der Waals surface area contributed by atoms with E-state index in [-0.39, 0.29) is 82.7 Å². The molecule has 0 saturated carbocycles. The standard InChI is InChI=1S/2C20H17ClF6N6O/c2*21-15-14(7-29-30-18(15)34)32-6-5-13-11(9-32)16(17(28)20(25,26)27)31-33(13)8-10-3-1-2-4-12(10)19(22,23)24/h2*1-4,7,17H,5-6,8-9,28H2,(H,30,34). The molecule has 68 heavy (non-hydrogen) atoms. The predicted octanol–water partition coefficient (Wildman–Crippen LogP) is 7.62. The van der Waals surface area contributed by atoms with Crippen LogP contribution in [0.3, 0.4) is 0 Å². The molecule has 14 nitrogen and oxygen atoms in total. The highest BCUT2D eigenvalue weighted by Gasteiger charge is 2.45. The molecule has 8 rings (SSSR count). The number of hydrogen-bond acceptors (Lipinski definition) is 10. The first-order chi connectivity index (χ1) is 31.8. The second-order valence-corrected chi connectivity index (χ2v) is 16.2. The monoisotopic (exact) mass is 1010 g/mol. The van der Waals surface area contributed by atoms with E-state index in [9.17, 15) is 62.3 Å². The van der Waals surface area contributed by atoms with Gasteiger partial charge in [0.1, 0.15) is 22.1 Å². The molecule has 2 atom stereocenters. The SMILES string of the molecule is NC(c1nn(Cc2ccccc2C(F)(F)F)c2c1CN(c1cn[nH]c(=O)c1Cl)CC2)C(F)(F)F.NC(c1nn(Cc2ccccc2C(F)(F)F)c2c1CN(c1cn[nH]c(=O)c1Cl)CC2)C(F)(F)F. The van der Waals surface area contributed by atoms with Crippen LogP contribution in [0, 0.1) is 0 Å². The second kappa shape index (κ2) is 18.8. The highest BCUT2D eigenvalue weighted by atomic mass is 35.5. The molecule has 0 fully saturated rings. The number of rotatable bonds is 8. The number of nitrogens with zero attached hydrogens (tertiary/aromatic N) is 8. The van der Waals surface area contributed by atoms with E-state index in [2.05, 4.69) is 30.6 Å². The number of alkyl halides is 12. The highest BCUT2D eigenvalue weighted by molar-refractivity contribution is 6.33. The summed E-state index contributed by atoms with van der Waals surface area (Å²) in [6.07, 6.45) is -16.2. The Morgan fingerprint density at radius 3 is 1.28 bits per heavy atom. The lowest BCUT2D eigenvalue weighted by molar-refractivity contribution is -0.151. The number of aromatic amines is 2. The topological polar surface area (TPSA) is 186 Å². The normalized spacial score (nSPS) is 15.4. The molecule has 0 saturated heterocycles. The minimum Gasteiger partial charge on any atom is -0.364 e. The molecule has 364 valence electrons. The van der Waals surface area contributed by atoms with Gasteiger partial charge in [-0.05, 0) is 23.3 Å². The van der Waals surface area contributed by atoms with Gasteiger partial charge in [0.25, 0.3) is 11.1 Å². The summed E-state index contributed by atoms with van der Waals surface area (Å²) in [7, 11) is 0. The van der Waals surface area contributed by atoms with Crippen LogP contribution in [0.25, 0.3) is 0 Å². The summed E-state index contributed by atoms with van der Waals surface area (Å²) in [4.78, 5) is 26.7. The maximum absolute atomic E-state index is 13.5. The molecule has 0 radical (unpaired) electrons. The quantitative estimate of drug-likeness (QED) is 0.111. The number of nitrogens with two attached hydrogens (primary N) is 2. The molecule has 0 spiro atoms. The first kappa shape index (κ1) is 49.8. The van der Waals surface area contributed by atoms with Crippen molar-refractivity contribution in [2.45, 2.75) is 75.8 Å². The van der Waals surface area contributed by atoms with E-state index in [4.69, 9.17) is 34.7 Å². The molecular formula is C40H34Cl2F12N12O2. The molecule has 2 aromatic carbocycles. The van der Waals surface area contributed by atoms with E-state index >= 15 is 0 Å². The number of halogens is 14. The molecule has 2 unspecified atom stereocenters. The lowest BCUT2D eigenvalue weighted by Gasteiger charge is -2.30. The van der Waals surface area contributed by atoms with Gasteiger partial charge in [0, 0.05) is 61.5 Å². The average Bonchev–Trinajstić information content (AvgIpc) is 3.81. The Hall–Kier alpha value is -6.12. The Bertz CT molecular complexity index is 2730. The average molecular weight is 1010 g/mol. The summed E-state index contributed by atoms with van der Waals surface area (Å²) in [6.45, 7) is -0.636. The van der Waals surface area contributed by atoms with E-state index < -0.39 is 83.5 Å². The third-order valence-electron chi connectivity index (χ3n) is 11.1. The van der Waals surface area contributed by atoms with Gasteiger partial charge in [-0.3, -0.25) is 19.0 Å². The third kappa shape index (κ3) is 10.3. The fourth-order valence-corrected chi connectivity index (χ4v) is 8.32. The Morgan fingerprint density at radius 2 is 0.941 bits per heavy atom. The maximum atomic E-state index is 13.5. The summed E-state index contributed by atoms with van der Waals surface area (Å²) in [5.41, 5.74) is 7.79. The summed E-state index contributed by atoms with van der Waals surface area (Å²) < 4.78 is 164.